The van der Waals surface area contributed by atoms with Crippen molar-refractivity contribution in [3.05, 3.63) is 69.3 Å². The van der Waals surface area contributed by atoms with Crippen molar-refractivity contribution in [2.75, 3.05) is 0 Å². The lowest BCUT2D eigenvalue weighted by molar-refractivity contribution is -0.384. The molecule has 0 unspecified atom stereocenters. The summed E-state index contributed by atoms with van der Waals surface area (Å²) in [7, 11) is 0. The van der Waals surface area contributed by atoms with Crippen molar-refractivity contribution in [3.8, 4) is 5.75 Å². The lowest BCUT2D eigenvalue weighted by Gasteiger charge is -2.04. The average molecular weight is 283 g/mol. The van der Waals surface area contributed by atoms with Gasteiger partial charge in [-0.2, -0.15) is 0 Å². The van der Waals surface area contributed by atoms with Crippen LogP contribution in [0.3, 0.4) is 0 Å². The Labute approximate surface area is 121 Å². The van der Waals surface area contributed by atoms with Gasteiger partial charge in [-0.25, -0.2) is 0 Å². The number of ketones is 1. The molecular formula is C16H13NO4. The number of nitrogens with zero attached hydrogens (tertiary/aromatic N) is 1. The molecule has 0 bridgehead atoms. The summed E-state index contributed by atoms with van der Waals surface area (Å²) in [4.78, 5) is 22.5. The van der Waals surface area contributed by atoms with Gasteiger partial charge < -0.3 is 4.74 Å². The number of hydrogen-bond acceptors (Lipinski definition) is 4. The SMILES string of the molecule is C[C@H]1Cc2cc(C(=O)c3ccc([N+](=O)[O-])cc3)ccc2O1. The maximum absolute atomic E-state index is 12.4. The number of fused-ring (bicyclic) bond motifs is 1. The number of benzene rings is 2. The maximum Gasteiger partial charge on any atom is 0.269 e. The summed E-state index contributed by atoms with van der Waals surface area (Å²) in [5.41, 5.74) is 2.01. The van der Waals surface area contributed by atoms with E-state index in [1.165, 1.54) is 24.3 Å². The molecule has 0 aliphatic carbocycles. The van der Waals surface area contributed by atoms with Crippen molar-refractivity contribution in [3.63, 3.8) is 0 Å². The molecule has 0 aromatic heterocycles. The van der Waals surface area contributed by atoms with Gasteiger partial charge in [0.2, 0.25) is 0 Å². The molecule has 0 fully saturated rings. The number of hydrogen-bond donors (Lipinski definition) is 0. The van der Waals surface area contributed by atoms with E-state index in [2.05, 4.69) is 0 Å². The third-order valence-corrected chi connectivity index (χ3v) is 3.50. The molecule has 0 radical (unpaired) electrons. The molecule has 21 heavy (non-hydrogen) atoms. The van der Waals surface area contributed by atoms with Gasteiger partial charge in [0.1, 0.15) is 11.9 Å². The molecule has 2 aromatic carbocycles. The zero-order chi connectivity index (χ0) is 15.0. The first kappa shape index (κ1) is 13.3. The number of rotatable bonds is 3. The molecule has 0 N–H and O–H groups in total. The van der Waals surface area contributed by atoms with Crippen LogP contribution in [0.4, 0.5) is 5.69 Å². The van der Waals surface area contributed by atoms with Crippen LogP contribution in [0, 0.1) is 10.1 Å². The number of non-ortho nitro benzene ring substituents is 1. The highest BCUT2D eigenvalue weighted by molar-refractivity contribution is 6.09. The van der Waals surface area contributed by atoms with Gasteiger partial charge in [-0.05, 0) is 42.8 Å². The largest absolute Gasteiger partial charge is 0.490 e. The molecule has 5 heteroatoms. The van der Waals surface area contributed by atoms with Gasteiger partial charge in [0.25, 0.3) is 5.69 Å². The third-order valence-electron chi connectivity index (χ3n) is 3.50. The zero-order valence-corrected chi connectivity index (χ0v) is 11.4. The van der Waals surface area contributed by atoms with E-state index in [9.17, 15) is 14.9 Å². The van der Waals surface area contributed by atoms with Crippen LogP contribution in [-0.4, -0.2) is 16.8 Å². The highest BCUT2D eigenvalue weighted by atomic mass is 16.6. The van der Waals surface area contributed by atoms with Crippen molar-refractivity contribution in [1.29, 1.82) is 0 Å². The van der Waals surface area contributed by atoms with Gasteiger partial charge >= 0.3 is 0 Å². The number of carbonyl (C=O) groups excluding carboxylic acids is 1. The molecule has 0 saturated carbocycles. The van der Waals surface area contributed by atoms with Crippen LogP contribution in [0.15, 0.2) is 42.5 Å². The van der Waals surface area contributed by atoms with Crippen LogP contribution < -0.4 is 4.74 Å². The van der Waals surface area contributed by atoms with E-state index in [-0.39, 0.29) is 17.6 Å². The molecule has 5 nitrogen and oxygen atoms in total. The monoisotopic (exact) mass is 283 g/mol. The van der Waals surface area contributed by atoms with Crippen molar-refractivity contribution in [1.82, 2.24) is 0 Å². The van der Waals surface area contributed by atoms with Gasteiger partial charge in [0.15, 0.2) is 5.78 Å². The molecular weight excluding hydrogens is 270 g/mol. The van der Waals surface area contributed by atoms with E-state index in [0.717, 1.165) is 17.7 Å². The van der Waals surface area contributed by atoms with Crippen LogP contribution in [0.5, 0.6) is 5.75 Å². The number of ether oxygens (including phenoxy) is 1. The predicted molar refractivity (Wildman–Crippen MR) is 76.8 cm³/mol. The molecule has 1 aliphatic rings. The summed E-state index contributed by atoms with van der Waals surface area (Å²) in [6.07, 6.45) is 0.918. The normalized spacial score (nSPS) is 16.1. The Bertz CT molecular complexity index is 722. The molecule has 0 amide bonds. The van der Waals surface area contributed by atoms with Crippen LogP contribution in [-0.2, 0) is 6.42 Å². The van der Waals surface area contributed by atoms with E-state index in [1.807, 2.05) is 13.0 Å². The molecule has 3 rings (SSSR count). The van der Waals surface area contributed by atoms with E-state index in [4.69, 9.17) is 4.74 Å². The first-order valence-corrected chi connectivity index (χ1v) is 6.63. The Morgan fingerprint density at radius 2 is 1.86 bits per heavy atom. The van der Waals surface area contributed by atoms with E-state index < -0.39 is 4.92 Å². The number of nitro benzene ring substituents is 1. The second-order valence-electron chi connectivity index (χ2n) is 5.09. The van der Waals surface area contributed by atoms with Crippen molar-refractivity contribution in [2.45, 2.75) is 19.4 Å². The maximum atomic E-state index is 12.4. The minimum atomic E-state index is -0.484. The van der Waals surface area contributed by atoms with Crippen molar-refractivity contribution in [2.24, 2.45) is 0 Å². The fourth-order valence-corrected chi connectivity index (χ4v) is 2.46. The van der Waals surface area contributed by atoms with Gasteiger partial charge in [0, 0.05) is 29.7 Å². The topological polar surface area (TPSA) is 69.4 Å². The Morgan fingerprint density at radius 3 is 2.52 bits per heavy atom. The highest BCUT2D eigenvalue weighted by Gasteiger charge is 2.21. The molecule has 0 spiro atoms. The smallest absolute Gasteiger partial charge is 0.269 e. The molecule has 2 aromatic rings. The Kier molecular flexibility index (Phi) is 3.17. The minimum Gasteiger partial charge on any atom is -0.490 e. The highest BCUT2D eigenvalue weighted by Crippen LogP contribution is 2.30. The standard InChI is InChI=1S/C16H13NO4/c1-10-8-13-9-12(4-7-15(13)21-10)16(18)11-2-5-14(6-3-11)17(19)20/h2-7,9-10H,8H2,1H3/t10-/m0/s1. The Hall–Kier alpha value is -2.69. The number of nitro groups is 1. The Balaban J connectivity index is 1.89. The van der Waals surface area contributed by atoms with Gasteiger partial charge in [-0.1, -0.05) is 0 Å². The molecule has 1 aliphatic heterocycles. The summed E-state index contributed by atoms with van der Waals surface area (Å²) in [5, 5.41) is 10.6. The zero-order valence-electron chi connectivity index (χ0n) is 11.4. The summed E-state index contributed by atoms with van der Waals surface area (Å²) in [6, 6.07) is 11.0. The second kappa shape index (κ2) is 5.01. The van der Waals surface area contributed by atoms with E-state index in [1.54, 1.807) is 12.1 Å². The van der Waals surface area contributed by atoms with Gasteiger partial charge in [0.05, 0.1) is 4.92 Å². The van der Waals surface area contributed by atoms with Gasteiger partial charge in [-0.15, -0.1) is 0 Å². The van der Waals surface area contributed by atoms with Crippen molar-refractivity contribution >= 4 is 11.5 Å². The Morgan fingerprint density at radius 1 is 1.19 bits per heavy atom. The summed E-state index contributed by atoms with van der Waals surface area (Å²) >= 11 is 0. The number of carbonyl (C=O) groups is 1. The summed E-state index contributed by atoms with van der Waals surface area (Å²) < 4.78 is 5.60. The lowest BCUT2D eigenvalue weighted by atomic mass is 10.00. The molecule has 1 heterocycles. The predicted octanol–water partition coefficient (Wildman–Crippen LogP) is 3.15. The van der Waals surface area contributed by atoms with E-state index >= 15 is 0 Å². The van der Waals surface area contributed by atoms with Crippen LogP contribution in [0.2, 0.25) is 0 Å². The fourth-order valence-electron chi connectivity index (χ4n) is 2.46. The minimum absolute atomic E-state index is 0.0253. The van der Waals surface area contributed by atoms with Crippen LogP contribution in [0.25, 0.3) is 0 Å². The average Bonchev–Trinajstić information content (AvgIpc) is 2.85. The molecule has 1 atom stereocenters. The first-order chi connectivity index (χ1) is 10.0. The summed E-state index contributed by atoms with van der Waals surface area (Å²) in [5.74, 6) is 0.676. The fraction of sp³-hybridized carbons (Fsp3) is 0.188. The summed E-state index contributed by atoms with van der Waals surface area (Å²) in [6.45, 7) is 1.98. The quantitative estimate of drug-likeness (QED) is 0.493. The lowest BCUT2D eigenvalue weighted by Crippen LogP contribution is -2.05. The molecule has 106 valence electrons. The van der Waals surface area contributed by atoms with Gasteiger partial charge in [-0.3, -0.25) is 14.9 Å². The van der Waals surface area contributed by atoms with E-state index in [0.29, 0.717) is 11.1 Å². The molecule has 0 saturated heterocycles. The van der Waals surface area contributed by atoms with Crippen molar-refractivity contribution < 1.29 is 14.5 Å². The first-order valence-electron chi connectivity index (χ1n) is 6.63. The van der Waals surface area contributed by atoms with Crippen LogP contribution in [0.1, 0.15) is 28.4 Å². The van der Waals surface area contributed by atoms with Crippen LogP contribution >= 0.6 is 0 Å². The second-order valence-corrected chi connectivity index (χ2v) is 5.09. The third kappa shape index (κ3) is 2.50.